The van der Waals surface area contributed by atoms with Crippen molar-refractivity contribution in [3.05, 3.63) is 83.4 Å². The third-order valence-electron chi connectivity index (χ3n) is 6.23. The fraction of sp³-hybridized carbons (Fsp3) is 0.240. The maximum absolute atomic E-state index is 12.9. The van der Waals surface area contributed by atoms with Gasteiger partial charge in [-0.2, -0.15) is 0 Å². The lowest BCUT2D eigenvalue weighted by atomic mass is 9.96. The van der Waals surface area contributed by atoms with Crippen molar-refractivity contribution in [2.75, 3.05) is 16.7 Å². The summed E-state index contributed by atoms with van der Waals surface area (Å²) in [6, 6.07) is 18.0. The van der Waals surface area contributed by atoms with Crippen molar-refractivity contribution in [1.29, 1.82) is 0 Å². The van der Waals surface area contributed by atoms with Crippen molar-refractivity contribution in [3.63, 3.8) is 0 Å². The molecule has 1 amide bonds. The number of phenols is 1. The van der Waals surface area contributed by atoms with Crippen LogP contribution in [0.5, 0.6) is 5.75 Å². The molecule has 1 saturated heterocycles. The Labute approximate surface area is 199 Å². The molecule has 9 heteroatoms. The van der Waals surface area contributed by atoms with Gasteiger partial charge in [0.05, 0.1) is 16.6 Å². The minimum atomic E-state index is -3.73. The molecule has 1 aliphatic heterocycles. The molecular formula is C25H28N4O4S. The average molecular weight is 481 g/mol. The van der Waals surface area contributed by atoms with E-state index < -0.39 is 16.1 Å². The summed E-state index contributed by atoms with van der Waals surface area (Å²) in [6.45, 7) is 3.80. The van der Waals surface area contributed by atoms with Gasteiger partial charge in [-0.25, -0.2) is 19.3 Å². The molecule has 2 unspecified atom stereocenters. The highest BCUT2D eigenvalue weighted by Gasteiger charge is 2.32. The van der Waals surface area contributed by atoms with Crippen molar-refractivity contribution in [2.45, 2.75) is 37.2 Å². The second-order valence-electron chi connectivity index (χ2n) is 8.40. The number of anilines is 2. The van der Waals surface area contributed by atoms with E-state index in [0.717, 1.165) is 16.7 Å². The number of benzene rings is 3. The summed E-state index contributed by atoms with van der Waals surface area (Å²) in [5.41, 5.74) is 9.67. The number of aryl methyl sites for hydroxylation is 1. The van der Waals surface area contributed by atoms with Gasteiger partial charge in [-0.1, -0.05) is 30.3 Å². The third kappa shape index (κ3) is 4.63. The van der Waals surface area contributed by atoms with Gasteiger partial charge in [0, 0.05) is 18.3 Å². The van der Waals surface area contributed by atoms with Gasteiger partial charge in [0.2, 0.25) is 5.91 Å². The molecule has 0 bridgehead atoms. The van der Waals surface area contributed by atoms with Crippen LogP contribution >= 0.6 is 0 Å². The van der Waals surface area contributed by atoms with E-state index in [9.17, 15) is 18.3 Å². The molecule has 0 radical (unpaired) electrons. The zero-order valence-corrected chi connectivity index (χ0v) is 20.1. The zero-order chi connectivity index (χ0) is 24.5. The molecule has 4 N–H and O–H groups in total. The molecule has 3 aromatic carbocycles. The Hall–Kier alpha value is -3.40. The van der Waals surface area contributed by atoms with Crippen LogP contribution in [0.25, 0.3) is 0 Å². The minimum absolute atomic E-state index is 0.128. The fourth-order valence-electron chi connectivity index (χ4n) is 3.91. The number of sulfonamides is 1. The normalized spacial score (nSPS) is 18.0. The first-order valence-electron chi connectivity index (χ1n) is 10.9. The van der Waals surface area contributed by atoms with Gasteiger partial charge in [-0.3, -0.25) is 9.10 Å². The van der Waals surface area contributed by atoms with E-state index in [0.29, 0.717) is 17.8 Å². The van der Waals surface area contributed by atoms with Crippen molar-refractivity contribution in [1.82, 2.24) is 10.9 Å². The molecule has 3 aromatic rings. The summed E-state index contributed by atoms with van der Waals surface area (Å²) in [5, 5.41) is 13.3. The lowest BCUT2D eigenvalue weighted by Gasteiger charge is -2.19. The Morgan fingerprint density at radius 1 is 1.00 bits per heavy atom. The summed E-state index contributed by atoms with van der Waals surface area (Å²) in [6.07, 6.45) is 0.455. The molecule has 0 aliphatic carbocycles. The molecule has 0 aromatic heterocycles. The van der Waals surface area contributed by atoms with Crippen LogP contribution in [-0.4, -0.2) is 32.5 Å². The molecule has 34 heavy (non-hydrogen) atoms. The Morgan fingerprint density at radius 3 is 2.35 bits per heavy atom. The molecule has 178 valence electrons. The number of phenolic OH excluding ortho intramolecular Hbond substituents is 1. The highest BCUT2D eigenvalue weighted by Crippen LogP contribution is 2.33. The number of hydrogen-bond donors (Lipinski definition) is 4. The highest BCUT2D eigenvalue weighted by atomic mass is 32.2. The number of nitrogens with one attached hydrogen (secondary N) is 3. The van der Waals surface area contributed by atoms with Gasteiger partial charge in [0.25, 0.3) is 10.0 Å². The van der Waals surface area contributed by atoms with Crippen molar-refractivity contribution >= 4 is 27.3 Å². The monoisotopic (exact) mass is 480 g/mol. The average Bonchev–Trinajstić information content (AvgIpc) is 3.33. The molecule has 2 atom stereocenters. The standard InChI is InChI=1S/C25H28N4O4S/c1-16-9-14-21(24(30)17(16)2)22-15-23(28-27-22)25(31)26-18-10-12-20(13-11-18)34(32,33)29(3)19-7-5-4-6-8-19/h4-14,22-23,27-28,30H,15H2,1-3H3,(H,26,31). The van der Waals surface area contributed by atoms with E-state index in [1.54, 1.807) is 36.4 Å². The van der Waals surface area contributed by atoms with Crippen LogP contribution in [0.2, 0.25) is 0 Å². The van der Waals surface area contributed by atoms with Crippen LogP contribution in [0, 0.1) is 13.8 Å². The maximum Gasteiger partial charge on any atom is 0.264 e. The van der Waals surface area contributed by atoms with Gasteiger partial charge in [-0.15, -0.1) is 0 Å². The van der Waals surface area contributed by atoms with Crippen LogP contribution in [0.4, 0.5) is 11.4 Å². The van der Waals surface area contributed by atoms with Crippen LogP contribution < -0.4 is 20.5 Å². The number of carbonyl (C=O) groups is 1. The summed E-state index contributed by atoms with van der Waals surface area (Å²) in [7, 11) is -2.22. The first-order valence-corrected chi connectivity index (χ1v) is 12.4. The topological polar surface area (TPSA) is 111 Å². The molecule has 8 nitrogen and oxygen atoms in total. The van der Waals surface area contributed by atoms with Gasteiger partial charge < -0.3 is 10.4 Å². The van der Waals surface area contributed by atoms with E-state index in [1.807, 2.05) is 32.0 Å². The van der Waals surface area contributed by atoms with Crippen molar-refractivity contribution in [2.24, 2.45) is 0 Å². The molecular weight excluding hydrogens is 452 g/mol. The van der Waals surface area contributed by atoms with Crippen LogP contribution in [0.1, 0.15) is 29.2 Å². The van der Waals surface area contributed by atoms with Crippen molar-refractivity contribution in [3.8, 4) is 5.75 Å². The predicted octanol–water partition coefficient (Wildman–Crippen LogP) is 3.38. The lowest BCUT2D eigenvalue weighted by molar-refractivity contribution is -0.117. The SMILES string of the molecule is Cc1ccc(C2CC(C(=O)Nc3ccc(S(=O)(=O)N(C)c4ccccc4)cc3)NN2)c(O)c1C. The van der Waals surface area contributed by atoms with Gasteiger partial charge >= 0.3 is 0 Å². The van der Waals surface area contributed by atoms with E-state index in [-0.39, 0.29) is 22.6 Å². The summed E-state index contributed by atoms with van der Waals surface area (Å²) in [5.74, 6) is -0.0204. The summed E-state index contributed by atoms with van der Waals surface area (Å²) in [4.78, 5) is 12.9. The van der Waals surface area contributed by atoms with E-state index >= 15 is 0 Å². The summed E-state index contributed by atoms with van der Waals surface area (Å²) < 4.78 is 27.1. The first kappa shape index (κ1) is 23.7. The largest absolute Gasteiger partial charge is 0.507 e. The van der Waals surface area contributed by atoms with Crippen LogP contribution in [0.3, 0.4) is 0 Å². The number of rotatable bonds is 6. The number of hydrazine groups is 1. The number of hydrogen-bond acceptors (Lipinski definition) is 6. The molecule has 1 aliphatic rings. The van der Waals surface area contributed by atoms with Gasteiger partial charge in [-0.05, 0) is 67.8 Å². The number of nitrogens with zero attached hydrogens (tertiary/aromatic N) is 1. The Balaban J connectivity index is 1.41. The van der Waals surface area contributed by atoms with E-state index in [1.165, 1.54) is 23.5 Å². The minimum Gasteiger partial charge on any atom is -0.507 e. The third-order valence-corrected chi connectivity index (χ3v) is 8.03. The molecule has 0 saturated carbocycles. The molecule has 1 fully saturated rings. The molecule has 0 spiro atoms. The maximum atomic E-state index is 12.9. The quantitative estimate of drug-likeness (QED) is 0.431. The lowest BCUT2D eigenvalue weighted by Crippen LogP contribution is -2.39. The number of aromatic hydroxyl groups is 1. The number of para-hydroxylation sites is 1. The second-order valence-corrected chi connectivity index (χ2v) is 10.4. The molecule has 4 rings (SSSR count). The van der Waals surface area contributed by atoms with E-state index in [4.69, 9.17) is 0 Å². The number of amides is 1. The Bertz CT molecular complexity index is 1290. The Kier molecular flexibility index (Phi) is 6.60. The first-order chi connectivity index (χ1) is 16.2. The van der Waals surface area contributed by atoms with Crippen LogP contribution in [-0.2, 0) is 14.8 Å². The van der Waals surface area contributed by atoms with E-state index in [2.05, 4.69) is 16.2 Å². The molecule has 1 heterocycles. The smallest absolute Gasteiger partial charge is 0.264 e. The highest BCUT2D eigenvalue weighted by molar-refractivity contribution is 7.92. The van der Waals surface area contributed by atoms with Crippen molar-refractivity contribution < 1.29 is 18.3 Å². The summed E-state index contributed by atoms with van der Waals surface area (Å²) >= 11 is 0. The van der Waals surface area contributed by atoms with Crippen LogP contribution in [0.15, 0.2) is 71.6 Å². The fourth-order valence-corrected chi connectivity index (χ4v) is 5.11. The number of carbonyl (C=O) groups excluding carboxylic acids is 1. The zero-order valence-electron chi connectivity index (χ0n) is 19.2. The van der Waals surface area contributed by atoms with Gasteiger partial charge in [0.15, 0.2) is 0 Å². The predicted molar refractivity (Wildman–Crippen MR) is 132 cm³/mol. The second kappa shape index (κ2) is 9.46. The Morgan fingerprint density at radius 2 is 1.68 bits per heavy atom. The van der Waals surface area contributed by atoms with Gasteiger partial charge in [0.1, 0.15) is 11.8 Å².